The van der Waals surface area contributed by atoms with E-state index < -0.39 is 6.10 Å². The van der Waals surface area contributed by atoms with Crippen LogP contribution in [0.15, 0.2) is 0 Å². The summed E-state index contributed by atoms with van der Waals surface area (Å²) in [6, 6.07) is 0. The Balaban J connectivity index is 2.47. The molecular weight excluding hydrogens is 192 g/mol. The van der Waals surface area contributed by atoms with Crippen molar-refractivity contribution in [2.75, 3.05) is 26.7 Å². The van der Waals surface area contributed by atoms with Gasteiger partial charge in [-0.25, -0.2) is 0 Å². The number of nitrogens with two attached hydrogens (primary N) is 1. The lowest BCUT2D eigenvalue weighted by Gasteiger charge is -2.27. The third-order valence-corrected chi connectivity index (χ3v) is 2.94. The van der Waals surface area contributed by atoms with Crippen LogP contribution in [0.4, 0.5) is 0 Å². The van der Waals surface area contributed by atoms with Gasteiger partial charge >= 0.3 is 0 Å². The van der Waals surface area contributed by atoms with E-state index in [-0.39, 0.29) is 12.5 Å². The van der Waals surface area contributed by atoms with Gasteiger partial charge in [-0.15, -0.1) is 0 Å². The minimum atomic E-state index is -0.454. The summed E-state index contributed by atoms with van der Waals surface area (Å²) in [6.45, 7) is 1.99. The lowest BCUT2D eigenvalue weighted by Crippen LogP contribution is -2.44. The quantitative estimate of drug-likeness (QED) is 0.754. The van der Waals surface area contributed by atoms with Gasteiger partial charge in [-0.1, -0.05) is 19.3 Å². The predicted molar refractivity (Wildman–Crippen MR) is 59.5 cm³/mol. The van der Waals surface area contributed by atoms with Gasteiger partial charge in [-0.05, 0) is 12.8 Å². The molecule has 0 aromatic carbocycles. The Kier molecular flexibility index (Phi) is 5.65. The van der Waals surface area contributed by atoms with Crippen molar-refractivity contribution in [1.29, 1.82) is 0 Å². The standard InChI is InChI=1S/C11H22N2O2/c1-15-10(9-12)11(14)13-7-5-3-2-4-6-8-13/h10H,2-9,12H2,1H3. The van der Waals surface area contributed by atoms with E-state index in [2.05, 4.69) is 0 Å². The Morgan fingerprint density at radius 3 is 2.27 bits per heavy atom. The second-order valence-electron chi connectivity index (χ2n) is 4.05. The number of methoxy groups -OCH3 is 1. The van der Waals surface area contributed by atoms with Gasteiger partial charge in [0.15, 0.2) is 0 Å². The molecule has 0 aromatic rings. The Bertz CT molecular complexity index is 185. The van der Waals surface area contributed by atoms with Crippen molar-refractivity contribution in [1.82, 2.24) is 4.90 Å². The van der Waals surface area contributed by atoms with Gasteiger partial charge in [-0.2, -0.15) is 0 Å². The smallest absolute Gasteiger partial charge is 0.253 e. The Labute approximate surface area is 91.8 Å². The van der Waals surface area contributed by atoms with Gasteiger partial charge < -0.3 is 15.4 Å². The van der Waals surface area contributed by atoms with Gasteiger partial charge in [0.1, 0.15) is 6.10 Å². The highest BCUT2D eigenvalue weighted by Gasteiger charge is 2.22. The summed E-state index contributed by atoms with van der Waals surface area (Å²) in [6.07, 6.45) is 5.50. The molecule has 1 fully saturated rings. The van der Waals surface area contributed by atoms with Gasteiger partial charge in [0.2, 0.25) is 0 Å². The van der Waals surface area contributed by atoms with Crippen molar-refractivity contribution in [3.63, 3.8) is 0 Å². The van der Waals surface area contributed by atoms with Gasteiger partial charge in [-0.3, -0.25) is 4.79 Å². The van der Waals surface area contributed by atoms with Gasteiger partial charge in [0.05, 0.1) is 0 Å². The SMILES string of the molecule is COC(CN)C(=O)N1CCCCCCC1. The number of nitrogens with zero attached hydrogens (tertiary/aromatic N) is 1. The maximum atomic E-state index is 11.9. The molecule has 1 heterocycles. The summed E-state index contributed by atoms with van der Waals surface area (Å²) in [7, 11) is 1.54. The number of hydrogen-bond acceptors (Lipinski definition) is 3. The summed E-state index contributed by atoms with van der Waals surface area (Å²) in [5.41, 5.74) is 5.49. The van der Waals surface area contributed by atoms with E-state index in [0.717, 1.165) is 25.9 Å². The van der Waals surface area contributed by atoms with Gasteiger partial charge in [0, 0.05) is 26.7 Å². The number of likely N-dealkylation sites (tertiary alicyclic amines) is 1. The topological polar surface area (TPSA) is 55.6 Å². The van der Waals surface area contributed by atoms with Crippen molar-refractivity contribution in [2.45, 2.75) is 38.2 Å². The fourth-order valence-electron chi connectivity index (χ4n) is 1.97. The van der Waals surface area contributed by atoms with Crippen LogP contribution in [-0.4, -0.2) is 43.7 Å². The second-order valence-corrected chi connectivity index (χ2v) is 4.05. The van der Waals surface area contributed by atoms with E-state index in [9.17, 15) is 4.79 Å². The number of rotatable bonds is 3. The largest absolute Gasteiger partial charge is 0.370 e. The molecule has 1 amide bonds. The van der Waals surface area contributed by atoms with E-state index in [1.54, 1.807) is 7.11 Å². The monoisotopic (exact) mass is 214 g/mol. The Hall–Kier alpha value is -0.610. The molecule has 0 saturated carbocycles. The zero-order valence-electron chi connectivity index (χ0n) is 9.58. The van der Waals surface area contributed by atoms with Crippen LogP contribution in [-0.2, 0) is 9.53 Å². The first-order valence-corrected chi connectivity index (χ1v) is 5.81. The van der Waals surface area contributed by atoms with Crippen LogP contribution in [0, 0.1) is 0 Å². The average Bonchev–Trinajstić information content (AvgIpc) is 2.18. The summed E-state index contributed by atoms with van der Waals surface area (Å²) >= 11 is 0. The normalized spacial score (nSPS) is 20.5. The summed E-state index contributed by atoms with van der Waals surface area (Å²) < 4.78 is 5.07. The van der Waals surface area contributed by atoms with Crippen LogP contribution >= 0.6 is 0 Å². The molecule has 0 aliphatic carbocycles. The molecule has 88 valence electrons. The van der Waals surface area contributed by atoms with Crippen molar-refractivity contribution in [3.8, 4) is 0 Å². The zero-order chi connectivity index (χ0) is 11.1. The van der Waals surface area contributed by atoms with Crippen LogP contribution in [0.3, 0.4) is 0 Å². The first kappa shape index (κ1) is 12.5. The summed E-state index contributed by atoms with van der Waals surface area (Å²) in [5.74, 6) is 0.0573. The van der Waals surface area contributed by atoms with Gasteiger partial charge in [0.25, 0.3) is 5.91 Å². The molecule has 4 nitrogen and oxygen atoms in total. The molecular formula is C11H22N2O2. The molecule has 0 spiro atoms. The molecule has 1 rings (SSSR count). The minimum absolute atomic E-state index is 0.0573. The van der Waals surface area contributed by atoms with Crippen molar-refractivity contribution < 1.29 is 9.53 Å². The van der Waals surface area contributed by atoms with E-state index in [4.69, 9.17) is 10.5 Å². The van der Waals surface area contributed by atoms with Crippen LogP contribution in [0.1, 0.15) is 32.1 Å². The van der Waals surface area contributed by atoms with Crippen molar-refractivity contribution in [2.24, 2.45) is 5.73 Å². The molecule has 0 radical (unpaired) electrons. The van der Waals surface area contributed by atoms with E-state index >= 15 is 0 Å². The van der Waals surface area contributed by atoms with Crippen molar-refractivity contribution in [3.05, 3.63) is 0 Å². The maximum absolute atomic E-state index is 11.9. The van der Waals surface area contributed by atoms with E-state index in [0.29, 0.717) is 0 Å². The van der Waals surface area contributed by atoms with Crippen molar-refractivity contribution >= 4 is 5.91 Å². The molecule has 1 atom stereocenters. The number of carbonyl (C=O) groups excluding carboxylic acids is 1. The summed E-state index contributed by atoms with van der Waals surface area (Å²) in [4.78, 5) is 13.8. The molecule has 1 saturated heterocycles. The zero-order valence-corrected chi connectivity index (χ0v) is 9.58. The molecule has 4 heteroatoms. The predicted octanol–water partition coefficient (Wildman–Crippen LogP) is 0.753. The number of amides is 1. The molecule has 1 unspecified atom stereocenters. The average molecular weight is 214 g/mol. The third-order valence-electron chi connectivity index (χ3n) is 2.94. The number of hydrogen-bond donors (Lipinski definition) is 1. The fraction of sp³-hybridized carbons (Fsp3) is 0.909. The van der Waals surface area contributed by atoms with E-state index in [1.165, 1.54) is 19.3 Å². The number of carbonyl (C=O) groups is 1. The first-order valence-electron chi connectivity index (χ1n) is 5.81. The highest BCUT2D eigenvalue weighted by Crippen LogP contribution is 2.11. The molecule has 0 bridgehead atoms. The Morgan fingerprint density at radius 2 is 1.80 bits per heavy atom. The van der Waals surface area contributed by atoms with Crippen LogP contribution in [0.5, 0.6) is 0 Å². The van der Waals surface area contributed by atoms with E-state index in [1.807, 2.05) is 4.90 Å². The Morgan fingerprint density at radius 1 is 1.27 bits per heavy atom. The number of ether oxygens (including phenoxy) is 1. The minimum Gasteiger partial charge on any atom is -0.370 e. The van der Waals surface area contributed by atoms with Crippen LogP contribution in [0.2, 0.25) is 0 Å². The highest BCUT2D eigenvalue weighted by atomic mass is 16.5. The summed E-state index contributed by atoms with van der Waals surface area (Å²) in [5, 5.41) is 0. The molecule has 0 aromatic heterocycles. The second kappa shape index (κ2) is 6.80. The lowest BCUT2D eigenvalue weighted by atomic mass is 10.1. The third kappa shape index (κ3) is 3.80. The maximum Gasteiger partial charge on any atom is 0.253 e. The first-order chi connectivity index (χ1) is 7.29. The highest BCUT2D eigenvalue weighted by molar-refractivity contribution is 5.81. The molecule has 15 heavy (non-hydrogen) atoms. The molecule has 2 N–H and O–H groups in total. The van der Waals surface area contributed by atoms with Crippen LogP contribution in [0.25, 0.3) is 0 Å². The lowest BCUT2D eigenvalue weighted by molar-refractivity contribution is -0.141. The molecule has 1 aliphatic heterocycles. The van der Waals surface area contributed by atoms with Crippen LogP contribution < -0.4 is 5.73 Å². The fourth-order valence-corrected chi connectivity index (χ4v) is 1.97. The molecule has 1 aliphatic rings.